The molecule has 6 heteroatoms. The molecule has 28 heavy (non-hydrogen) atoms. The summed E-state index contributed by atoms with van der Waals surface area (Å²) in [6, 6.07) is 19.5. The molecule has 2 aromatic carbocycles. The first-order chi connectivity index (χ1) is 13.5. The van der Waals surface area contributed by atoms with E-state index in [1.807, 2.05) is 30.3 Å². The third-order valence-electron chi connectivity index (χ3n) is 4.32. The van der Waals surface area contributed by atoms with Gasteiger partial charge in [0.05, 0.1) is 24.1 Å². The maximum Gasteiger partial charge on any atom is 0.333 e. The molecular formula is C22H19BrN2O3. The van der Waals surface area contributed by atoms with Crippen molar-refractivity contribution in [2.24, 2.45) is 0 Å². The first kappa shape index (κ1) is 19.8. The van der Waals surface area contributed by atoms with Crippen molar-refractivity contribution < 1.29 is 14.3 Å². The van der Waals surface area contributed by atoms with Gasteiger partial charge in [0.1, 0.15) is 0 Å². The highest BCUT2D eigenvalue weighted by Crippen LogP contribution is 2.21. The van der Waals surface area contributed by atoms with Gasteiger partial charge in [-0.2, -0.15) is 0 Å². The number of aryl methyl sites for hydroxylation is 1. The van der Waals surface area contributed by atoms with E-state index in [4.69, 9.17) is 4.74 Å². The van der Waals surface area contributed by atoms with Crippen LogP contribution >= 0.6 is 15.9 Å². The Morgan fingerprint density at radius 2 is 1.68 bits per heavy atom. The summed E-state index contributed by atoms with van der Waals surface area (Å²) < 4.78 is 5.74. The van der Waals surface area contributed by atoms with Crippen molar-refractivity contribution in [3.8, 4) is 11.3 Å². The number of nitrogens with zero attached hydrogens (tertiary/aromatic N) is 1. The molecule has 0 aliphatic carbocycles. The molecule has 0 saturated heterocycles. The highest BCUT2D eigenvalue weighted by molar-refractivity contribution is 9.10. The first-order valence-electron chi connectivity index (χ1n) is 8.67. The predicted octanol–water partition coefficient (Wildman–Crippen LogP) is 4.46. The number of halogens is 1. The Labute approximate surface area is 171 Å². The minimum absolute atomic E-state index is 0.386. The summed E-state index contributed by atoms with van der Waals surface area (Å²) in [4.78, 5) is 29.6. The fraction of sp³-hybridized carbons (Fsp3) is 0.136. The van der Waals surface area contributed by atoms with Crippen molar-refractivity contribution in [2.45, 2.75) is 13.0 Å². The summed E-state index contributed by atoms with van der Waals surface area (Å²) in [5.41, 5.74) is 3.38. The standard InChI is InChI=1S/C22H19BrN2O3/c1-14-18(12-13-19(24-14)15-6-4-3-5-7-15)21(26)25-20(22(27)28-2)16-8-10-17(23)11-9-16/h3-13,20H,1-2H3,(H,25,26). The number of aromatic nitrogens is 1. The number of hydrogen-bond donors (Lipinski definition) is 1. The number of pyridine rings is 1. The third kappa shape index (κ3) is 4.46. The maximum atomic E-state index is 12.8. The second-order valence-corrected chi connectivity index (χ2v) is 7.09. The fourth-order valence-corrected chi connectivity index (χ4v) is 3.10. The van der Waals surface area contributed by atoms with Crippen LogP contribution in [0.3, 0.4) is 0 Å². The Morgan fingerprint density at radius 1 is 1.00 bits per heavy atom. The summed E-state index contributed by atoms with van der Waals surface area (Å²) in [6.07, 6.45) is 0. The molecule has 0 saturated carbocycles. The minimum Gasteiger partial charge on any atom is -0.467 e. The van der Waals surface area contributed by atoms with Crippen LogP contribution in [0.2, 0.25) is 0 Å². The van der Waals surface area contributed by atoms with E-state index in [9.17, 15) is 9.59 Å². The number of benzene rings is 2. The molecule has 0 aliphatic rings. The van der Waals surface area contributed by atoms with Crippen LogP contribution in [-0.4, -0.2) is 24.0 Å². The molecule has 0 aliphatic heterocycles. The molecule has 3 rings (SSSR count). The van der Waals surface area contributed by atoms with Crippen LogP contribution in [-0.2, 0) is 9.53 Å². The van der Waals surface area contributed by atoms with E-state index >= 15 is 0 Å². The largest absolute Gasteiger partial charge is 0.467 e. The number of nitrogens with one attached hydrogen (secondary N) is 1. The van der Waals surface area contributed by atoms with Gasteiger partial charge in [0.2, 0.25) is 0 Å². The molecule has 1 atom stereocenters. The lowest BCUT2D eigenvalue weighted by Crippen LogP contribution is -2.35. The van der Waals surface area contributed by atoms with Gasteiger partial charge in [-0.1, -0.05) is 58.4 Å². The normalized spacial score (nSPS) is 11.5. The summed E-state index contributed by atoms with van der Waals surface area (Å²) in [6.45, 7) is 1.77. The van der Waals surface area contributed by atoms with E-state index in [-0.39, 0.29) is 5.91 Å². The molecule has 0 bridgehead atoms. The summed E-state index contributed by atoms with van der Waals surface area (Å²) >= 11 is 3.36. The SMILES string of the molecule is COC(=O)C(NC(=O)c1ccc(-c2ccccc2)nc1C)c1ccc(Br)cc1. The zero-order valence-electron chi connectivity index (χ0n) is 15.5. The van der Waals surface area contributed by atoms with Crippen LogP contribution in [0.4, 0.5) is 0 Å². The fourth-order valence-electron chi connectivity index (χ4n) is 2.83. The molecule has 1 heterocycles. The Balaban J connectivity index is 1.85. The highest BCUT2D eigenvalue weighted by Gasteiger charge is 2.25. The number of rotatable bonds is 5. The number of amides is 1. The Morgan fingerprint density at radius 3 is 2.29 bits per heavy atom. The van der Waals surface area contributed by atoms with Gasteiger partial charge in [0.25, 0.3) is 5.91 Å². The molecule has 5 nitrogen and oxygen atoms in total. The van der Waals surface area contributed by atoms with Gasteiger partial charge >= 0.3 is 5.97 Å². The van der Waals surface area contributed by atoms with Crippen LogP contribution < -0.4 is 5.32 Å². The highest BCUT2D eigenvalue weighted by atomic mass is 79.9. The topological polar surface area (TPSA) is 68.3 Å². The molecular weight excluding hydrogens is 420 g/mol. The Kier molecular flexibility index (Phi) is 6.21. The van der Waals surface area contributed by atoms with Crippen molar-refractivity contribution in [2.75, 3.05) is 7.11 Å². The molecule has 0 spiro atoms. The van der Waals surface area contributed by atoms with Gasteiger partial charge in [0.15, 0.2) is 6.04 Å². The third-order valence-corrected chi connectivity index (χ3v) is 4.84. The number of carbonyl (C=O) groups is 2. The average molecular weight is 439 g/mol. The van der Waals surface area contributed by atoms with E-state index in [1.165, 1.54) is 7.11 Å². The van der Waals surface area contributed by atoms with Crippen LogP contribution in [0.5, 0.6) is 0 Å². The van der Waals surface area contributed by atoms with E-state index in [2.05, 4.69) is 26.2 Å². The lowest BCUT2D eigenvalue weighted by molar-refractivity contribution is -0.143. The van der Waals surface area contributed by atoms with Crippen molar-refractivity contribution in [1.82, 2.24) is 10.3 Å². The van der Waals surface area contributed by atoms with E-state index < -0.39 is 12.0 Å². The minimum atomic E-state index is -0.904. The molecule has 0 fully saturated rings. The molecule has 1 aromatic heterocycles. The van der Waals surface area contributed by atoms with Gasteiger partial charge in [-0.3, -0.25) is 9.78 Å². The maximum absolute atomic E-state index is 12.8. The van der Waals surface area contributed by atoms with E-state index in [0.717, 1.165) is 15.7 Å². The monoisotopic (exact) mass is 438 g/mol. The smallest absolute Gasteiger partial charge is 0.333 e. The van der Waals surface area contributed by atoms with Gasteiger partial charge in [0, 0.05) is 10.0 Å². The van der Waals surface area contributed by atoms with Gasteiger partial charge in [-0.15, -0.1) is 0 Å². The van der Waals surface area contributed by atoms with Crippen LogP contribution in [0, 0.1) is 6.92 Å². The molecule has 0 radical (unpaired) electrons. The average Bonchev–Trinajstić information content (AvgIpc) is 2.72. The quantitative estimate of drug-likeness (QED) is 0.596. The number of ether oxygens (including phenoxy) is 1. The number of hydrogen-bond acceptors (Lipinski definition) is 4. The van der Waals surface area contributed by atoms with Gasteiger partial charge in [-0.25, -0.2) is 4.79 Å². The van der Waals surface area contributed by atoms with Gasteiger partial charge in [-0.05, 0) is 36.8 Å². The Hall–Kier alpha value is -2.99. The molecule has 1 unspecified atom stereocenters. The lowest BCUT2D eigenvalue weighted by atomic mass is 10.1. The van der Waals surface area contributed by atoms with Crippen LogP contribution in [0.1, 0.15) is 27.7 Å². The summed E-state index contributed by atoms with van der Waals surface area (Å²) in [5, 5.41) is 2.75. The second kappa shape index (κ2) is 8.80. The molecule has 1 N–H and O–H groups in total. The zero-order valence-corrected chi connectivity index (χ0v) is 17.1. The van der Waals surface area contributed by atoms with E-state index in [0.29, 0.717) is 16.8 Å². The van der Waals surface area contributed by atoms with Crippen LogP contribution in [0.15, 0.2) is 71.2 Å². The number of carbonyl (C=O) groups excluding carboxylic acids is 2. The number of methoxy groups -OCH3 is 1. The molecule has 142 valence electrons. The number of esters is 1. The summed E-state index contributed by atoms with van der Waals surface area (Å²) in [7, 11) is 1.29. The zero-order chi connectivity index (χ0) is 20.1. The van der Waals surface area contributed by atoms with Crippen molar-refractivity contribution in [3.05, 3.63) is 88.0 Å². The van der Waals surface area contributed by atoms with Crippen molar-refractivity contribution >= 4 is 27.8 Å². The summed E-state index contributed by atoms with van der Waals surface area (Å²) in [5.74, 6) is -0.926. The lowest BCUT2D eigenvalue weighted by Gasteiger charge is -2.18. The van der Waals surface area contributed by atoms with E-state index in [1.54, 1.807) is 43.3 Å². The van der Waals surface area contributed by atoms with Crippen molar-refractivity contribution in [1.29, 1.82) is 0 Å². The second-order valence-electron chi connectivity index (χ2n) is 6.18. The predicted molar refractivity (Wildman–Crippen MR) is 111 cm³/mol. The van der Waals surface area contributed by atoms with Crippen molar-refractivity contribution in [3.63, 3.8) is 0 Å². The van der Waals surface area contributed by atoms with Crippen LogP contribution in [0.25, 0.3) is 11.3 Å². The Bertz CT molecular complexity index is 988. The molecule has 3 aromatic rings. The first-order valence-corrected chi connectivity index (χ1v) is 9.46. The van der Waals surface area contributed by atoms with Gasteiger partial charge < -0.3 is 10.1 Å². The molecule has 1 amide bonds.